The van der Waals surface area contributed by atoms with Crippen molar-refractivity contribution in [2.75, 3.05) is 13.7 Å². The summed E-state index contributed by atoms with van der Waals surface area (Å²) in [5.74, 6) is -0.558. The standard InChI is InChI=1S/C20H26O4/c1-15(20(22)23-2)17(18-10-6-12-19(18)21)11-7-13-24-14-16-8-4-3-5-9-16/h3-5,8-9,11,15,18H,6-7,10,12-14H2,1-2H3/b17-11+. The molecule has 0 radical (unpaired) electrons. The van der Waals surface area contributed by atoms with Crippen LogP contribution in [0.15, 0.2) is 42.0 Å². The van der Waals surface area contributed by atoms with Crippen molar-refractivity contribution >= 4 is 11.8 Å². The van der Waals surface area contributed by atoms with Crippen LogP contribution in [0.4, 0.5) is 0 Å². The van der Waals surface area contributed by atoms with Gasteiger partial charge >= 0.3 is 5.97 Å². The van der Waals surface area contributed by atoms with Crippen LogP contribution in [0.25, 0.3) is 0 Å². The van der Waals surface area contributed by atoms with Gasteiger partial charge in [0.1, 0.15) is 5.78 Å². The van der Waals surface area contributed by atoms with E-state index in [0.717, 1.165) is 24.0 Å². The van der Waals surface area contributed by atoms with Gasteiger partial charge in [-0.2, -0.15) is 0 Å². The lowest BCUT2D eigenvalue weighted by Gasteiger charge is -2.19. The molecule has 130 valence electrons. The third-order valence-corrected chi connectivity index (χ3v) is 4.52. The van der Waals surface area contributed by atoms with Gasteiger partial charge in [0.15, 0.2) is 0 Å². The van der Waals surface area contributed by atoms with E-state index in [0.29, 0.717) is 26.1 Å². The van der Waals surface area contributed by atoms with Crippen LogP contribution in [0.1, 0.15) is 38.2 Å². The first-order chi connectivity index (χ1) is 11.6. The highest BCUT2D eigenvalue weighted by Crippen LogP contribution is 2.33. The van der Waals surface area contributed by atoms with Crippen LogP contribution >= 0.6 is 0 Å². The summed E-state index contributed by atoms with van der Waals surface area (Å²) < 4.78 is 10.5. The second kappa shape index (κ2) is 9.38. The van der Waals surface area contributed by atoms with Crippen molar-refractivity contribution in [3.8, 4) is 0 Å². The fourth-order valence-electron chi connectivity index (χ4n) is 3.18. The number of hydrogen-bond acceptors (Lipinski definition) is 4. The summed E-state index contributed by atoms with van der Waals surface area (Å²) in [5.41, 5.74) is 2.03. The fraction of sp³-hybridized carbons (Fsp3) is 0.500. The number of rotatable bonds is 8. The van der Waals surface area contributed by atoms with Gasteiger partial charge < -0.3 is 9.47 Å². The molecule has 1 aliphatic carbocycles. The molecule has 1 aromatic carbocycles. The highest BCUT2D eigenvalue weighted by Gasteiger charge is 2.32. The molecule has 1 aliphatic rings. The van der Waals surface area contributed by atoms with E-state index in [2.05, 4.69) is 0 Å². The van der Waals surface area contributed by atoms with Crippen LogP contribution in [0.2, 0.25) is 0 Å². The van der Waals surface area contributed by atoms with Crippen molar-refractivity contribution in [2.45, 2.75) is 39.2 Å². The van der Waals surface area contributed by atoms with Crippen molar-refractivity contribution in [3.05, 3.63) is 47.5 Å². The van der Waals surface area contributed by atoms with Crippen LogP contribution in [0, 0.1) is 11.8 Å². The molecule has 0 heterocycles. The van der Waals surface area contributed by atoms with E-state index in [4.69, 9.17) is 9.47 Å². The molecule has 0 aliphatic heterocycles. The Morgan fingerprint density at radius 2 is 2.08 bits per heavy atom. The predicted octanol–water partition coefficient (Wildman–Crippen LogP) is 3.70. The van der Waals surface area contributed by atoms with Crippen molar-refractivity contribution in [3.63, 3.8) is 0 Å². The van der Waals surface area contributed by atoms with Crippen LogP contribution < -0.4 is 0 Å². The maximum absolute atomic E-state index is 12.1. The van der Waals surface area contributed by atoms with Gasteiger partial charge in [-0.05, 0) is 37.3 Å². The van der Waals surface area contributed by atoms with E-state index in [-0.39, 0.29) is 23.6 Å². The van der Waals surface area contributed by atoms with Gasteiger partial charge in [-0.1, -0.05) is 36.4 Å². The summed E-state index contributed by atoms with van der Waals surface area (Å²) in [6.07, 6.45) is 5.03. The number of hydrogen-bond donors (Lipinski definition) is 0. The first-order valence-electron chi connectivity index (χ1n) is 8.55. The van der Waals surface area contributed by atoms with E-state index < -0.39 is 0 Å². The number of ketones is 1. The number of carbonyl (C=O) groups is 2. The molecule has 1 saturated carbocycles. The van der Waals surface area contributed by atoms with Crippen molar-refractivity contribution in [2.24, 2.45) is 11.8 Å². The molecule has 2 rings (SSSR count). The van der Waals surface area contributed by atoms with Gasteiger partial charge in [-0.3, -0.25) is 9.59 Å². The second-order valence-electron chi connectivity index (χ2n) is 6.19. The lowest BCUT2D eigenvalue weighted by Crippen LogP contribution is -2.22. The second-order valence-corrected chi connectivity index (χ2v) is 6.19. The number of Topliss-reactive ketones (excluding diaryl/α,β-unsaturated/α-hetero) is 1. The lowest BCUT2D eigenvalue weighted by molar-refractivity contribution is -0.143. The number of carbonyl (C=O) groups excluding carboxylic acids is 2. The SMILES string of the molecule is COC(=O)C(C)/C(=C\CCOCc1ccccc1)C1CCCC1=O. The van der Waals surface area contributed by atoms with E-state index in [1.807, 2.05) is 43.3 Å². The summed E-state index contributed by atoms with van der Waals surface area (Å²) in [7, 11) is 1.38. The maximum Gasteiger partial charge on any atom is 0.312 e. The molecular formula is C20H26O4. The molecule has 0 bridgehead atoms. The van der Waals surface area contributed by atoms with Gasteiger partial charge in [-0.25, -0.2) is 0 Å². The summed E-state index contributed by atoms with van der Waals surface area (Å²) >= 11 is 0. The summed E-state index contributed by atoms with van der Waals surface area (Å²) in [6, 6.07) is 10.0. The van der Waals surface area contributed by atoms with E-state index in [1.54, 1.807) is 0 Å². The quantitative estimate of drug-likeness (QED) is 0.414. The van der Waals surface area contributed by atoms with Gasteiger partial charge in [0.25, 0.3) is 0 Å². The molecule has 0 aromatic heterocycles. The maximum atomic E-state index is 12.1. The van der Waals surface area contributed by atoms with Gasteiger partial charge in [0.2, 0.25) is 0 Å². The van der Waals surface area contributed by atoms with Gasteiger partial charge in [0.05, 0.1) is 26.2 Å². The summed E-state index contributed by atoms with van der Waals surface area (Å²) in [6.45, 7) is 2.94. The summed E-state index contributed by atoms with van der Waals surface area (Å²) in [4.78, 5) is 24.0. The molecule has 1 fully saturated rings. The first-order valence-corrected chi connectivity index (χ1v) is 8.55. The Bertz CT molecular complexity index is 577. The van der Waals surface area contributed by atoms with Crippen LogP contribution in [0.5, 0.6) is 0 Å². The van der Waals surface area contributed by atoms with Gasteiger partial charge in [0, 0.05) is 12.3 Å². The van der Waals surface area contributed by atoms with Crippen molar-refractivity contribution < 1.29 is 19.1 Å². The monoisotopic (exact) mass is 330 g/mol. The Labute approximate surface area is 143 Å². The average Bonchev–Trinajstić information content (AvgIpc) is 3.03. The Balaban J connectivity index is 1.92. The van der Waals surface area contributed by atoms with E-state index >= 15 is 0 Å². The van der Waals surface area contributed by atoms with Crippen LogP contribution in [-0.2, 0) is 25.7 Å². The molecule has 2 atom stereocenters. The molecule has 0 saturated heterocycles. The zero-order valence-electron chi connectivity index (χ0n) is 14.5. The minimum Gasteiger partial charge on any atom is -0.469 e. The molecule has 0 spiro atoms. The Morgan fingerprint density at radius 3 is 2.71 bits per heavy atom. The largest absolute Gasteiger partial charge is 0.469 e. The third kappa shape index (κ3) is 5.03. The van der Waals surface area contributed by atoms with Crippen molar-refractivity contribution in [1.82, 2.24) is 0 Å². The number of methoxy groups -OCH3 is 1. The lowest BCUT2D eigenvalue weighted by atomic mass is 9.86. The normalized spacial score (nSPS) is 19.3. The molecule has 0 amide bonds. The molecule has 0 N–H and O–H groups in total. The molecule has 24 heavy (non-hydrogen) atoms. The molecular weight excluding hydrogens is 304 g/mol. The number of ether oxygens (including phenoxy) is 2. The molecule has 1 aromatic rings. The minimum absolute atomic E-state index is 0.131. The van der Waals surface area contributed by atoms with E-state index in [9.17, 15) is 9.59 Å². The highest BCUT2D eigenvalue weighted by atomic mass is 16.5. The van der Waals surface area contributed by atoms with E-state index in [1.165, 1.54) is 7.11 Å². The first kappa shape index (κ1) is 18.4. The Morgan fingerprint density at radius 1 is 1.33 bits per heavy atom. The van der Waals surface area contributed by atoms with Crippen LogP contribution in [0.3, 0.4) is 0 Å². The average molecular weight is 330 g/mol. The minimum atomic E-state index is -0.379. The number of benzene rings is 1. The Kier molecular flexibility index (Phi) is 7.19. The summed E-state index contributed by atoms with van der Waals surface area (Å²) in [5, 5.41) is 0. The smallest absolute Gasteiger partial charge is 0.312 e. The van der Waals surface area contributed by atoms with Gasteiger partial charge in [-0.15, -0.1) is 0 Å². The topological polar surface area (TPSA) is 52.6 Å². The molecule has 2 unspecified atom stereocenters. The number of esters is 1. The zero-order valence-corrected chi connectivity index (χ0v) is 14.5. The predicted molar refractivity (Wildman–Crippen MR) is 92.3 cm³/mol. The zero-order chi connectivity index (χ0) is 17.4. The van der Waals surface area contributed by atoms with Crippen LogP contribution in [-0.4, -0.2) is 25.5 Å². The molecule has 4 nitrogen and oxygen atoms in total. The third-order valence-electron chi connectivity index (χ3n) is 4.52. The fourth-order valence-corrected chi connectivity index (χ4v) is 3.18. The Hall–Kier alpha value is -1.94. The molecule has 4 heteroatoms. The van der Waals surface area contributed by atoms with Crippen molar-refractivity contribution in [1.29, 1.82) is 0 Å². The highest BCUT2D eigenvalue weighted by molar-refractivity contribution is 5.87.